The number of rotatable bonds is 8. The van der Waals surface area contributed by atoms with Crippen molar-refractivity contribution in [2.24, 2.45) is 5.92 Å². The third-order valence-electron chi connectivity index (χ3n) is 4.10. The summed E-state index contributed by atoms with van der Waals surface area (Å²) in [6.45, 7) is 0.157. The second kappa shape index (κ2) is 9.56. The topological polar surface area (TPSA) is 131 Å². The van der Waals surface area contributed by atoms with Gasteiger partial charge in [-0.2, -0.15) is 0 Å². The van der Waals surface area contributed by atoms with Gasteiger partial charge in [-0.1, -0.05) is 37.1 Å². The highest BCUT2D eigenvalue weighted by Crippen LogP contribution is 2.34. The minimum absolute atomic E-state index is 0.0413. The smallest absolute Gasteiger partial charge is 0.337 e. The van der Waals surface area contributed by atoms with Gasteiger partial charge in [0.05, 0.1) is 29.1 Å². The van der Waals surface area contributed by atoms with E-state index in [1.807, 2.05) is 0 Å². The van der Waals surface area contributed by atoms with E-state index in [-0.39, 0.29) is 11.5 Å². The first kappa shape index (κ1) is 19.4. The van der Waals surface area contributed by atoms with Crippen LogP contribution in [0.1, 0.15) is 48.9 Å². The van der Waals surface area contributed by atoms with Crippen LogP contribution < -0.4 is 5.11 Å². The SMILES string of the molecule is O=C(OCCC1CCCCC1)c1cc(SOOO)cc([N+](=O)[O-])c1[O-]. The number of esters is 1. The van der Waals surface area contributed by atoms with E-state index in [4.69, 9.17) is 9.99 Å². The molecule has 2 rings (SSSR count). The van der Waals surface area contributed by atoms with Gasteiger partial charge in [0.1, 0.15) is 0 Å². The standard InChI is InChI=1S/C15H19NO8S/c17-14-12(8-11(25-24-23-21)9-13(14)16(19)20)15(18)22-7-6-10-4-2-1-3-5-10/h8-10,17,21H,1-7H2/p-1. The molecule has 0 unspecified atom stereocenters. The van der Waals surface area contributed by atoms with Crippen LogP contribution in [0.25, 0.3) is 0 Å². The molecule has 9 nitrogen and oxygen atoms in total. The number of nitrogens with zero attached hydrogens (tertiary/aromatic N) is 1. The lowest BCUT2D eigenvalue weighted by molar-refractivity contribution is -0.432. The molecular weight excluding hydrogens is 354 g/mol. The first-order valence-corrected chi connectivity index (χ1v) is 8.58. The highest BCUT2D eigenvalue weighted by molar-refractivity contribution is 7.94. The maximum Gasteiger partial charge on any atom is 0.337 e. The molecule has 0 aromatic heterocycles. The zero-order valence-corrected chi connectivity index (χ0v) is 14.2. The highest BCUT2D eigenvalue weighted by atomic mass is 32.2. The van der Waals surface area contributed by atoms with Crippen LogP contribution in [-0.4, -0.2) is 22.8 Å². The van der Waals surface area contributed by atoms with E-state index in [1.165, 1.54) is 19.3 Å². The Labute approximate surface area is 148 Å². The largest absolute Gasteiger partial charge is 0.867 e. The van der Waals surface area contributed by atoms with Gasteiger partial charge in [0, 0.05) is 11.0 Å². The van der Waals surface area contributed by atoms with Crippen molar-refractivity contribution in [3.8, 4) is 5.75 Å². The number of hydrogen-bond donors (Lipinski definition) is 1. The molecule has 0 atom stereocenters. The first-order valence-electron chi connectivity index (χ1n) is 7.84. The van der Waals surface area contributed by atoms with Gasteiger partial charge < -0.3 is 9.84 Å². The lowest BCUT2D eigenvalue weighted by atomic mass is 9.87. The molecule has 138 valence electrons. The summed E-state index contributed by atoms with van der Waals surface area (Å²) in [5.74, 6) is -1.45. The van der Waals surface area contributed by atoms with Gasteiger partial charge in [-0.3, -0.25) is 10.1 Å². The van der Waals surface area contributed by atoms with Crippen molar-refractivity contribution in [1.82, 2.24) is 0 Å². The molecule has 1 saturated carbocycles. The fourth-order valence-corrected chi connectivity index (χ4v) is 3.28. The molecule has 1 fully saturated rings. The van der Waals surface area contributed by atoms with Crippen molar-refractivity contribution in [1.29, 1.82) is 0 Å². The first-order chi connectivity index (χ1) is 12.0. The molecule has 0 radical (unpaired) electrons. The van der Waals surface area contributed by atoms with Crippen LogP contribution in [-0.2, 0) is 14.1 Å². The van der Waals surface area contributed by atoms with Crippen LogP contribution in [0.2, 0.25) is 0 Å². The predicted molar refractivity (Wildman–Crippen MR) is 84.7 cm³/mol. The summed E-state index contributed by atoms with van der Waals surface area (Å²) < 4.78 is 9.30. The average molecular weight is 372 g/mol. The molecule has 0 aliphatic heterocycles. The molecule has 0 amide bonds. The minimum atomic E-state index is -1.03. The molecule has 25 heavy (non-hydrogen) atoms. The van der Waals surface area contributed by atoms with Crippen molar-refractivity contribution >= 4 is 23.7 Å². The van der Waals surface area contributed by atoms with Crippen molar-refractivity contribution < 1.29 is 34.2 Å². The van der Waals surface area contributed by atoms with E-state index >= 15 is 0 Å². The lowest BCUT2D eigenvalue weighted by Crippen LogP contribution is -2.14. The Balaban J connectivity index is 2.05. The summed E-state index contributed by atoms with van der Waals surface area (Å²) in [6.07, 6.45) is 6.46. The quantitative estimate of drug-likeness (QED) is 0.240. The second-order valence-corrected chi connectivity index (χ2v) is 6.50. The Hall–Kier alpha value is -1.88. The molecule has 1 aliphatic rings. The Morgan fingerprint density at radius 2 is 2.04 bits per heavy atom. The summed E-state index contributed by atoms with van der Waals surface area (Å²) in [7, 11) is 0. The normalized spacial score (nSPS) is 15.1. The number of hydrogen-bond acceptors (Lipinski definition) is 9. The van der Waals surface area contributed by atoms with Gasteiger partial charge in [-0.25, -0.2) is 10.1 Å². The zero-order valence-electron chi connectivity index (χ0n) is 13.3. The molecule has 1 aliphatic carbocycles. The Bertz CT molecular complexity index is 618. The van der Waals surface area contributed by atoms with Crippen LogP contribution in [0.4, 0.5) is 5.69 Å². The molecule has 0 saturated heterocycles. The number of benzene rings is 1. The Morgan fingerprint density at radius 1 is 1.32 bits per heavy atom. The van der Waals surface area contributed by atoms with Crippen molar-refractivity contribution in [3.05, 3.63) is 27.8 Å². The Morgan fingerprint density at radius 3 is 2.68 bits per heavy atom. The van der Waals surface area contributed by atoms with Crippen LogP contribution in [0.15, 0.2) is 17.0 Å². The molecule has 0 spiro atoms. The van der Waals surface area contributed by atoms with Gasteiger partial charge in [0.25, 0.3) is 5.69 Å². The van der Waals surface area contributed by atoms with Crippen molar-refractivity contribution in [2.75, 3.05) is 6.61 Å². The number of nitro benzene ring substituents is 1. The van der Waals surface area contributed by atoms with E-state index in [1.54, 1.807) is 0 Å². The van der Waals surface area contributed by atoms with Crippen molar-refractivity contribution in [3.63, 3.8) is 0 Å². The maximum atomic E-state index is 12.1. The third kappa shape index (κ3) is 5.56. The van der Waals surface area contributed by atoms with E-state index < -0.39 is 27.9 Å². The molecule has 1 aromatic carbocycles. The summed E-state index contributed by atoms with van der Waals surface area (Å²) in [4.78, 5) is 22.2. The lowest BCUT2D eigenvalue weighted by Gasteiger charge is -2.21. The number of carbonyl (C=O) groups is 1. The summed E-state index contributed by atoms with van der Waals surface area (Å²) in [5, 5.41) is 34.6. The van der Waals surface area contributed by atoms with Gasteiger partial charge >= 0.3 is 5.97 Å². The fourth-order valence-electron chi connectivity index (χ4n) is 2.85. The van der Waals surface area contributed by atoms with Gasteiger partial charge in [-0.05, 0) is 24.2 Å². The van der Waals surface area contributed by atoms with Crippen molar-refractivity contribution in [2.45, 2.75) is 43.4 Å². The van der Waals surface area contributed by atoms with Crippen LogP contribution in [0.3, 0.4) is 0 Å². The Kier molecular flexibility index (Phi) is 7.44. The van der Waals surface area contributed by atoms with Crippen LogP contribution >= 0.6 is 12.0 Å². The zero-order chi connectivity index (χ0) is 18.2. The van der Waals surface area contributed by atoms with Gasteiger partial charge in [0.2, 0.25) is 0 Å². The van der Waals surface area contributed by atoms with E-state index in [9.17, 15) is 20.0 Å². The van der Waals surface area contributed by atoms with E-state index in [0.717, 1.165) is 25.0 Å². The van der Waals surface area contributed by atoms with E-state index in [0.29, 0.717) is 24.4 Å². The summed E-state index contributed by atoms with van der Waals surface area (Å²) >= 11 is 0.415. The van der Waals surface area contributed by atoms with E-state index in [2.05, 4.69) is 9.37 Å². The van der Waals surface area contributed by atoms with Gasteiger partial charge in [-0.15, -0.1) is 4.33 Å². The van der Waals surface area contributed by atoms with Crippen LogP contribution in [0.5, 0.6) is 5.75 Å². The highest BCUT2D eigenvalue weighted by Gasteiger charge is 2.20. The fraction of sp³-hybridized carbons (Fsp3) is 0.533. The average Bonchev–Trinajstić information content (AvgIpc) is 2.61. The summed E-state index contributed by atoms with van der Waals surface area (Å²) in [6, 6.07) is 2.02. The molecule has 0 heterocycles. The maximum absolute atomic E-state index is 12.1. The van der Waals surface area contributed by atoms with Gasteiger partial charge in [0.15, 0.2) is 0 Å². The number of carbonyl (C=O) groups excluding carboxylic acids is 1. The monoisotopic (exact) mass is 372 g/mol. The molecular formula is C15H18NO8S-. The second-order valence-electron chi connectivity index (χ2n) is 5.73. The minimum Gasteiger partial charge on any atom is -0.867 e. The third-order valence-corrected chi connectivity index (χ3v) is 4.66. The molecule has 0 bridgehead atoms. The predicted octanol–water partition coefficient (Wildman–Crippen LogP) is 3.22. The molecule has 10 heteroatoms. The number of ether oxygens (including phenoxy) is 1. The van der Waals surface area contributed by atoms with Crippen LogP contribution in [0, 0.1) is 16.0 Å². The number of nitro groups is 1. The molecule has 1 N–H and O–H groups in total. The summed E-state index contributed by atoms with van der Waals surface area (Å²) in [5.41, 5.74) is -1.24. The molecule has 1 aromatic rings.